The van der Waals surface area contributed by atoms with Crippen LogP contribution >= 0.6 is 0 Å². The highest BCUT2D eigenvalue weighted by Gasteiger charge is 2.37. The van der Waals surface area contributed by atoms with Crippen LogP contribution in [-0.2, 0) is 10.0 Å². The van der Waals surface area contributed by atoms with Crippen molar-refractivity contribution >= 4 is 10.0 Å². The number of sulfonamides is 1. The van der Waals surface area contributed by atoms with Crippen molar-refractivity contribution in [3.05, 3.63) is 0 Å². The van der Waals surface area contributed by atoms with Gasteiger partial charge in [-0.1, -0.05) is 26.7 Å². The van der Waals surface area contributed by atoms with Gasteiger partial charge in [-0.05, 0) is 25.2 Å². The van der Waals surface area contributed by atoms with Crippen molar-refractivity contribution in [1.29, 1.82) is 5.26 Å². The summed E-state index contributed by atoms with van der Waals surface area (Å²) in [6.07, 6.45) is 4.03. The lowest BCUT2D eigenvalue weighted by Crippen LogP contribution is -2.45. The van der Waals surface area contributed by atoms with Gasteiger partial charge in [0.05, 0.1) is 6.07 Å². The highest BCUT2D eigenvalue weighted by atomic mass is 32.2. The van der Waals surface area contributed by atoms with E-state index in [9.17, 15) is 8.42 Å². The van der Waals surface area contributed by atoms with E-state index in [0.29, 0.717) is 18.5 Å². The lowest BCUT2D eigenvalue weighted by atomic mass is 9.75. The summed E-state index contributed by atoms with van der Waals surface area (Å²) in [4.78, 5) is 0. The molecule has 0 N–H and O–H groups in total. The largest absolute Gasteiger partial charge is 0.230 e. The second kappa shape index (κ2) is 5.36. The first-order chi connectivity index (χ1) is 7.91. The molecule has 1 unspecified atom stereocenters. The quantitative estimate of drug-likeness (QED) is 0.776. The van der Waals surface area contributed by atoms with Crippen molar-refractivity contribution in [3.63, 3.8) is 0 Å². The maximum Gasteiger partial charge on any atom is 0.230 e. The Bertz CT molecular complexity index is 383. The summed E-state index contributed by atoms with van der Waals surface area (Å²) in [5.41, 5.74) is 0.307. The molecule has 0 spiro atoms. The minimum absolute atomic E-state index is 0.307. The third-order valence-corrected chi connectivity index (χ3v) is 6.36. The van der Waals surface area contributed by atoms with Gasteiger partial charge in [-0.25, -0.2) is 12.7 Å². The molecule has 1 saturated heterocycles. The van der Waals surface area contributed by atoms with Crippen LogP contribution in [0.2, 0.25) is 0 Å². The summed E-state index contributed by atoms with van der Waals surface area (Å²) in [5, 5.41) is 7.81. The van der Waals surface area contributed by atoms with E-state index in [1.165, 1.54) is 11.2 Å². The smallest absolute Gasteiger partial charge is 0.211 e. The second-order valence-electron chi connectivity index (χ2n) is 4.92. The second-order valence-corrected chi connectivity index (χ2v) is 7.18. The van der Waals surface area contributed by atoms with E-state index >= 15 is 0 Å². The van der Waals surface area contributed by atoms with Crippen molar-refractivity contribution in [3.8, 4) is 6.07 Å². The Kier molecular flexibility index (Phi) is 4.56. The average molecular weight is 258 g/mol. The van der Waals surface area contributed by atoms with Gasteiger partial charge in [0.2, 0.25) is 10.0 Å². The molecule has 4 nitrogen and oxygen atoms in total. The van der Waals surface area contributed by atoms with Crippen LogP contribution < -0.4 is 0 Å². The normalized spacial score (nSPS) is 22.9. The molecule has 0 aromatic heterocycles. The zero-order chi connectivity index (χ0) is 13.1. The number of rotatable bonds is 4. The van der Waals surface area contributed by atoms with Crippen molar-refractivity contribution in [2.24, 2.45) is 5.41 Å². The van der Waals surface area contributed by atoms with Crippen LogP contribution in [0.3, 0.4) is 0 Å². The minimum atomic E-state index is -3.41. The first-order valence-corrected chi connectivity index (χ1v) is 7.81. The zero-order valence-corrected chi connectivity index (χ0v) is 11.8. The highest BCUT2D eigenvalue weighted by Crippen LogP contribution is 2.38. The van der Waals surface area contributed by atoms with E-state index in [4.69, 9.17) is 5.26 Å². The Labute approximate surface area is 105 Å². The predicted octanol–water partition coefficient (Wildman–Crippen LogP) is 2.13. The molecule has 0 radical (unpaired) electrons. The minimum Gasteiger partial charge on any atom is -0.211 e. The summed E-state index contributed by atoms with van der Waals surface area (Å²) < 4.78 is 25.5. The lowest BCUT2D eigenvalue weighted by Gasteiger charge is -2.40. The van der Waals surface area contributed by atoms with Crippen LogP contribution in [0.4, 0.5) is 0 Å². The van der Waals surface area contributed by atoms with Crippen LogP contribution in [0.1, 0.15) is 46.5 Å². The molecule has 0 aromatic carbocycles. The molecule has 1 fully saturated rings. The Hall–Kier alpha value is -0.600. The first kappa shape index (κ1) is 14.5. The maximum atomic E-state index is 12.0. The van der Waals surface area contributed by atoms with Crippen molar-refractivity contribution in [2.45, 2.75) is 51.7 Å². The van der Waals surface area contributed by atoms with E-state index < -0.39 is 15.3 Å². The van der Waals surface area contributed by atoms with E-state index in [1.807, 2.05) is 6.07 Å². The molecule has 1 rings (SSSR count). The summed E-state index contributed by atoms with van der Waals surface area (Å²) >= 11 is 0. The fourth-order valence-electron chi connectivity index (χ4n) is 2.46. The Morgan fingerprint density at radius 1 is 1.29 bits per heavy atom. The third kappa shape index (κ3) is 2.80. The number of nitrogens with zero attached hydrogens (tertiary/aromatic N) is 2. The summed E-state index contributed by atoms with van der Waals surface area (Å²) in [5.74, 6) is 0. The SMILES string of the molecule is CCC1(CC)CCN(S(=O)(=O)C(C)C#N)CC1. The third-order valence-electron chi connectivity index (χ3n) is 4.27. The first-order valence-electron chi connectivity index (χ1n) is 6.30. The molecule has 1 atom stereocenters. The van der Waals surface area contributed by atoms with E-state index in [2.05, 4.69) is 13.8 Å². The molecular formula is C12H22N2O2S. The molecule has 0 aliphatic carbocycles. The Balaban J connectivity index is 2.74. The topological polar surface area (TPSA) is 61.2 Å². The van der Waals surface area contributed by atoms with Gasteiger partial charge in [-0.15, -0.1) is 0 Å². The molecule has 17 heavy (non-hydrogen) atoms. The van der Waals surface area contributed by atoms with Crippen LogP contribution in [0, 0.1) is 16.7 Å². The maximum absolute atomic E-state index is 12.0. The predicted molar refractivity (Wildman–Crippen MR) is 67.8 cm³/mol. The average Bonchev–Trinajstić information content (AvgIpc) is 2.37. The standard InChI is InChI=1S/C12H22N2O2S/c1-4-12(5-2)6-8-14(9-7-12)17(15,16)11(3)10-13/h11H,4-9H2,1-3H3. The zero-order valence-electron chi connectivity index (χ0n) is 10.9. The van der Waals surface area contributed by atoms with Crippen molar-refractivity contribution < 1.29 is 8.42 Å². The summed E-state index contributed by atoms with van der Waals surface area (Å²) in [7, 11) is -3.41. The van der Waals surface area contributed by atoms with Crippen LogP contribution in [-0.4, -0.2) is 31.1 Å². The molecule has 0 bridgehead atoms. The number of hydrogen-bond acceptors (Lipinski definition) is 3. The molecular weight excluding hydrogens is 236 g/mol. The molecule has 5 heteroatoms. The highest BCUT2D eigenvalue weighted by molar-refractivity contribution is 7.89. The van der Waals surface area contributed by atoms with Crippen molar-refractivity contribution in [1.82, 2.24) is 4.31 Å². The molecule has 1 aliphatic rings. The number of nitriles is 1. The fourth-order valence-corrected chi connectivity index (χ4v) is 3.73. The molecule has 1 heterocycles. The van der Waals surface area contributed by atoms with Gasteiger partial charge in [0.25, 0.3) is 0 Å². The molecule has 0 aromatic rings. The van der Waals surface area contributed by atoms with Gasteiger partial charge in [0, 0.05) is 13.1 Å². The van der Waals surface area contributed by atoms with Crippen LogP contribution in [0.25, 0.3) is 0 Å². The lowest BCUT2D eigenvalue weighted by molar-refractivity contribution is 0.141. The van der Waals surface area contributed by atoms with Gasteiger partial charge in [-0.3, -0.25) is 0 Å². The van der Waals surface area contributed by atoms with Crippen LogP contribution in [0.5, 0.6) is 0 Å². The molecule has 98 valence electrons. The van der Waals surface area contributed by atoms with E-state index in [1.54, 1.807) is 0 Å². The molecule has 0 saturated carbocycles. The number of piperidine rings is 1. The van der Waals surface area contributed by atoms with Gasteiger partial charge >= 0.3 is 0 Å². The van der Waals surface area contributed by atoms with E-state index in [-0.39, 0.29) is 0 Å². The molecule has 1 aliphatic heterocycles. The van der Waals surface area contributed by atoms with Crippen molar-refractivity contribution in [2.75, 3.05) is 13.1 Å². The molecule has 0 amide bonds. The van der Waals surface area contributed by atoms with Crippen LogP contribution in [0.15, 0.2) is 0 Å². The van der Waals surface area contributed by atoms with Gasteiger partial charge in [0.1, 0.15) is 0 Å². The summed E-state index contributed by atoms with van der Waals surface area (Å²) in [6.45, 7) is 6.93. The van der Waals surface area contributed by atoms with E-state index in [0.717, 1.165) is 25.7 Å². The van der Waals surface area contributed by atoms with Gasteiger partial charge in [0.15, 0.2) is 5.25 Å². The monoisotopic (exact) mass is 258 g/mol. The summed E-state index contributed by atoms with van der Waals surface area (Å²) in [6, 6.07) is 1.82. The number of hydrogen-bond donors (Lipinski definition) is 0. The Morgan fingerprint density at radius 3 is 2.12 bits per heavy atom. The fraction of sp³-hybridized carbons (Fsp3) is 0.917. The van der Waals surface area contributed by atoms with Gasteiger partial charge in [-0.2, -0.15) is 5.26 Å². The van der Waals surface area contributed by atoms with Gasteiger partial charge < -0.3 is 0 Å². The Morgan fingerprint density at radius 2 is 1.76 bits per heavy atom.